The molecule has 0 aliphatic carbocycles. The van der Waals surface area contributed by atoms with Gasteiger partial charge in [0.25, 0.3) is 11.6 Å². The van der Waals surface area contributed by atoms with Crippen LogP contribution in [0.3, 0.4) is 0 Å². The first kappa shape index (κ1) is 15.8. The number of nitro groups is 1. The highest BCUT2D eigenvalue weighted by Crippen LogP contribution is 2.23. The number of alkyl halides is 1. The summed E-state index contributed by atoms with van der Waals surface area (Å²) in [6, 6.07) is 2.89. The summed E-state index contributed by atoms with van der Waals surface area (Å²) in [6.45, 7) is 2.44. The van der Waals surface area contributed by atoms with E-state index >= 15 is 0 Å². The van der Waals surface area contributed by atoms with Gasteiger partial charge >= 0.3 is 0 Å². The summed E-state index contributed by atoms with van der Waals surface area (Å²) >= 11 is 3.29. The average Bonchev–Trinajstić information content (AvgIpc) is 2.45. The Morgan fingerprint density at radius 3 is 2.90 bits per heavy atom. The van der Waals surface area contributed by atoms with E-state index in [2.05, 4.69) is 15.9 Å². The van der Waals surface area contributed by atoms with Crippen LogP contribution >= 0.6 is 15.9 Å². The fourth-order valence-electron chi connectivity index (χ4n) is 2.31. The van der Waals surface area contributed by atoms with Crippen molar-refractivity contribution >= 4 is 27.5 Å². The molecule has 1 amide bonds. The maximum Gasteiger partial charge on any atom is 0.282 e. The summed E-state index contributed by atoms with van der Waals surface area (Å²) in [6.07, 6.45) is -0.372. The molecule has 114 valence electrons. The van der Waals surface area contributed by atoms with Gasteiger partial charge in [-0.1, -0.05) is 15.9 Å². The smallest absolute Gasteiger partial charge is 0.282 e. The monoisotopic (exact) mass is 360 g/mol. The Morgan fingerprint density at radius 2 is 2.29 bits per heavy atom. The van der Waals surface area contributed by atoms with Crippen molar-refractivity contribution in [3.05, 3.63) is 39.7 Å². The van der Waals surface area contributed by atoms with E-state index < -0.39 is 22.3 Å². The Hall–Kier alpha value is -1.54. The highest BCUT2D eigenvalue weighted by Gasteiger charge is 2.31. The quantitative estimate of drug-likeness (QED) is 0.471. The maximum absolute atomic E-state index is 13.3. The van der Waals surface area contributed by atoms with Crippen LogP contribution < -0.4 is 0 Å². The molecule has 1 aromatic carbocycles. The van der Waals surface area contributed by atoms with Gasteiger partial charge in [-0.05, 0) is 19.1 Å². The number of hydrogen-bond donors (Lipinski definition) is 0. The van der Waals surface area contributed by atoms with Crippen molar-refractivity contribution in [2.45, 2.75) is 19.1 Å². The van der Waals surface area contributed by atoms with Gasteiger partial charge in [0.1, 0.15) is 11.4 Å². The van der Waals surface area contributed by atoms with Crippen LogP contribution in [0.15, 0.2) is 18.2 Å². The van der Waals surface area contributed by atoms with Crippen molar-refractivity contribution in [2.24, 2.45) is 0 Å². The second-order valence-electron chi connectivity index (χ2n) is 4.85. The molecule has 1 fully saturated rings. The van der Waals surface area contributed by atoms with E-state index in [4.69, 9.17) is 4.74 Å². The van der Waals surface area contributed by atoms with Crippen molar-refractivity contribution in [2.75, 3.05) is 18.4 Å². The zero-order valence-corrected chi connectivity index (χ0v) is 12.9. The Balaban J connectivity index is 2.31. The topological polar surface area (TPSA) is 72.7 Å². The average molecular weight is 361 g/mol. The fraction of sp³-hybridized carbons (Fsp3) is 0.462. The molecule has 1 aliphatic rings. The summed E-state index contributed by atoms with van der Waals surface area (Å²) in [4.78, 5) is 24.2. The molecule has 0 aromatic heterocycles. The number of morpholine rings is 1. The number of rotatable bonds is 3. The molecule has 0 bridgehead atoms. The number of hydrogen-bond acceptors (Lipinski definition) is 4. The molecule has 21 heavy (non-hydrogen) atoms. The predicted molar refractivity (Wildman–Crippen MR) is 77.1 cm³/mol. The lowest BCUT2D eigenvalue weighted by molar-refractivity contribution is -0.385. The largest absolute Gasteiger partial charge is 0.371 e. The standard InChI is InChI=1S/C13H14BrFN2O4/c1-8-6-16(7-10(5-14)21-8)13(18)11-4-9(15)2-3-12(11)17(19)20/h2-4,8,10H,5-7H2,1H3. The second kappa shape index (κ2) is 6.48. The lowest BCUT2D eigenvalue weighted by Crippen LogP contribution is -2.49. The van der Waals surface area contributed by atoms with Gasteiger partial charge in [-0.2, -0.15) is 0 Å². The molecule has 0 spiro atoms. The van der Waals surface area contributed by atoms with E-state index in [1.165, 1.54) is 4.90 Å². The first-order valence-corrected chi connectivity index (χ1v) is 7.49. The molecule has 2 rings (SSSR count). The van der Waals surface area contributed by atoms with Crippen molar-refractivity contribution in [1.29, 1.82) is 0 Å². The molecule has 8 heteroatoms. The molecule has 0 saturated carbocycles. The minimum absolute atomic E-state index is 0.183. The molecule has 0 N–H and O–H groups in total. The molecule has 1 saturated heterocycles. The zero-order chi connectivity index (χ0) is 15.6. The van der Waals surface area contributed by atoms with Gasteiger partial charge in [-0.25, -0.2) is 4.39 Å². The number of nitro benzene ring substituents is 1. The van der Waals surface area contributed by atoms with Crippen LogP contribution in [0.4, 0.5) is 10.1 Å². The van der Waals surface area contributed by atoms with Crippen LogP contribution in [-0.2, 0) is 4.74 Å². The normalized spacial score (nSPS) is 22.1. The van der Waals surface area contributed by atoms with Gasteiger partial charge in [0.15, 0.2) is 0 Å². The minimum atomic E-state index is -0.682. The Kier molecular flexibility index (Phi) is 4.89. The van der Waals surface area contributed by atoms with Gasteiger partial charge in [0.05, 0.1) is 17.1 Å². The fourth-order valence-corrected chi connectivity index (χ4v) is 2.66. The van der Waals surface area contributed by atoms with Crippen LogP contribution in [0.5, 0.6) is 0 Å². The van der Waals surface area contributed by atoms with E-state index in [0.29, 0.717) is 18.4 Å². The van der Waals surface area contributed by atoms with Crippen LogP contribution in [0.1, 0.15) is 17.3 Å². The van der Waals surface area contributed by atoms with Crippen LogP contribution in [0.25, 0.3) is 0 Å². The molecular weight excluding hydrogens is 347 g/mol. The zero-order valence-electron chi connectivity index (χ0n) is 11.3. The number of nitrogens with zero attached hydrogens (tertiary/aromatic N) is 2. The lowest BCUT2D eigenvalue weighted by Gasteiger charge is -2.36. The number of carbonyl (C=O) groups excluding carboxylic acids is 1. The molecule has 6 nitrogen and oxygen atoms in total. The number of ether oxygens (including phenoxy) is 1. The van der Waals surface area contributed by atoms with Crippen molar-refractivity contribution in [3.63, 3.8) is 0 Å². The van der Waals surface area contributed by atoms with Crippen LogP contribution in [-0.4, -0.2) is 46.4 Å². The van der Waals surface area contributed by atoms with Crippen LogP contribution in [0, 0.1) is 15.9 Å². The highest BCUT2D eigenvalue weighted by atomic mass is 79.9. The van der Waals surface area contributed by atoms with Crippen LogP contribution in [0.2, 0.25) is 0 Å². The number of benzene rings is 1. The molecule has 0 radical (unpaired) electrons. The number of amides is 1. The minimum Gasteiger partial charge on any atom is -0.371 e. The highest BCUT2D eigenvalue weighted by molar-refractivity contribution is 9.09. The van der Waals surface area contributed by atoms with Gasteiger partial charge < -0.3 is 9.64 Å². The molecule has 1 aliphatic heterocycles. The van der Waals surface area contributed by atoms with Gasteiger partial charge in [-0.15, -0.1) is 0 Å². The summed E-state index contributed by atoms with van der Waals surface area (Å²) < 4.78 is 18.9. The van der Waals surface area contributed by atoms with Gasteiger partial charge in [0.2, 0.25) is 0 Å². The van der Waals surface area contributed by atoms with Crippen molar-refractivity contribution in [1.82, 2.24) is 4.90 Å². The third-order valence-electron chi connectivity index (χ3n) is 3.17. The third-order valence-corrected chi connectivity index (χ3v) is 3.89. The summed E-state index contributed by atoms with van der Waals surface area (Å²) in [5, 5.41) is 11.5. The molecule has 1 heterocycles. The Bertz CT molecular complexity index is 569. The second-order valence-corrected chi connectivity index (χ2v) is 5.50. The Labute approximate surface area is 129 Å². The van der Waals surface area contributed by atoms with Gasteiger partial charge in [-0.3, -0.25) is 14.9 Å². The first-order valence-electron chi connectivity index (χ1n) is 6.37. The van der Waals surface area contributed by atoms with E-state index in [9.17, 15) is 19.3 Å². The van der Waals surface area contributed by atoms with E-state index in [1.807, 2.05) is 6.92 Å². The Morgan fingerprint density at radius 1 is 1.57 bits per heavy atom. The first-order chi connectivity index (χ1) is 9.92. The molecule has 2 atom stereocenters. The van der Waals surface area contributed by atoms with E-state index in [-0.39, 0.29) is 17.8 Å². The SMILES string of the molecule is CC1CN(C(=O)c2cc(F)ccc2[N+](=O)[O-])CC(CBr)O1. The predicted octanol–water partition coefficient (Wildman–Crippen LogP) is 2.36. The van der Waals surface area contributed by atoms with Gasteiger partial charge in [0, 0.05) is 24.5 Å². The van der Waals surface area contributed by atoms with Crippen molar-refractivity contribution in [3.8, 4) is 0 Å². The molecule has 1 aromatic rings. The summed E-state index contributed by atoms with van der Waals surface area (Å²) in [5.41, 5.74) is -0.627. The summed E-state index contributed by atoms with van der Waals surface area (Å²) in [7, 11) is 0. The molecule has 2 unspecified atom stereocenters. The van der Waals surface area contributed by atoms with E-state index in [1.54, 1.807) is 0 Å². The van der Waals surface area contributed by atoms with E-state index in [0.717, 1.165) is 18.2 Å². The van der Waals surface area contributed by atoms with Crippen molar-refractivity contribution < 1.29 is 18.8 Å². The molecular formula is C13H14BrFN2O4. The number of halogens is 2. The third kappa shape index (κ3) is 3.56. The summed E-state index contributed by atoms with van der Waals surface area (Å²) in [5.74, 6) is -1.23. The lowest BCUT2D eigenvalue weighted by atomic mass is 10.1. The number of carbonyl (C=O) groups is 1. The maximum atomic E-state index is 13.3.